The third kappa shape index (κ3) is 2.34. The Balaban J connectivity index is 1.57. The van der Waals surface area contributed by atoms with Crippen molar-refractivity contribution in [3.05, 3.63) is 0 Å². The summed E-state index contributed by atoms with van der Waals surface area (Å²) in [7, 11) is 2.34. The van der Waals surface area contributed by atoms with Crippen LogP contribution in [0.2, 0.25) is 0 Å². The van der Waals surface area contributed by atoms with Crippen molar-refractivity contribution in [2.45, 2.75) is 83.0 Å². The van der Waals surface area contributed by atoms with Crippen LogP contribution in [0.5, 0.6) is 0 Å². The molecule has 3 rings (SSSR count). The minimum absolute atomic E-state index is 0.793. The van der Waals surface area contributed by atoms with Crippen molar-refractivity contribution >= 4 is 0 Å². The van der Waals surface area contributed by atoms with Gasteiger partial charge < -0.3 is 10.2 Å². The third-order valence-corrected chi connectivity index (χ3v) is 6.25. The van der Waals surface area contributed by atoms with Gasteiger partial charge in [-0.1, -0.05) is 26.7 Å². The van der Waals surface area contributed by atoms with Gasteiger partial charge in [-0.05, 0) is 51.0 Å². The van der Waals surface area contributed by atoms with Gasteiger partial charge in [0.2, 0.25) is 0 Å². The second kappa shape index (κ2) is 5.13. The lowest BCUT2D eigenvalue weighted by atomic mass is 9.77. The van der Waals surface area contributed by atoms with Gasteiger partial charge in [0, 0.05) is 24.2 Å². The molecule has 18 heavy (non-hydrogen) atoms. The molecule has 0 aromatic heterocycles. The highest BCUT2D eigenvalue weighted by Gasteiger charge is 2.39. The summed E-state index contributed by atoms with van der Waals surface area (Å²) in [5, 5.41) is 4.03. The molecule has 2 bridgehead atoms. The van der Waals surface area contributed by atoms with Crippen molar-refractivity contribution in [2.24, 2.45) is 11.8 Å². The molecule has 2 heterocycles. The Labute approximate surface area is 113 Å². The van der Waals surface area contributed by atoms with E-state index in [-0.39, 0.29) is 0 Å². The molecule has 0 radical (unpaired) electrons. The third-order valence-electron chi connectivity index (χ3n) is 6.25. The van der Waals surface area contributed by atoms with E-state index in [0.29, 0.717) is 0 Å². The maximum atomic E-state index is 4.03. The molecule has 2 nitrogen and oxygen atoms in total. The van der Waals surface area contributed by atoms with Gasteiger partial charge in [-0.25, -0.2) is 0 Å². The monoisotopic (exact) mass is 250 g/mol. The minimum atomic E-state index is 0.793. The molecule has 104 valence electrons. The van der Waals surface area contributed by atoms with E-state index >= 15 is 0 Å². The maximum absolute atomic E-state index is 4.03. The van der Waals surface area contributed by atoms with Gasteiger partial charge >= 0.3 is 0 Å². The fraction of sp³-hybridized carbons (Fsp3) is 1.00. The van der Waals surface area contributed by atoms with Crippen LogP contribution in [-0.2, 0) is 0 Å². The van der Waals surface area contributed by atoms with Crippen molar-refractivity contribution in [1.82, 2.24) is 10.2 Å². The Morgan fingerprint density at radius 1 is 0.944 bits per heavy atom. The van der Waals surface area contributed by atoms with Gasteiger partial charge in [-0.3, -0.25) is 0 Å². The molecule has 3 fully saturated rings. The molecule has 1 N–H and O–H groups in total. The quantitative estimate of drug-likeness (QED) is 0.810. The summed E-state index contributed by atoms with van der Waals surface area (Å²) in [6.07, 6.45) is 9.95. The first-order valence-electron chi connectivity index (χ1n) is 8.13. The summed E-state index contributed by atoms with van der Waals surface area (Å²) < 4.78 is 0. The lowest BCUT2D eigenvalue weighted by Gasteiger charge is -2.42. The molecule has 0 aromatic carbocycles. The first-order chi connectivity index (χ1) is 8.65. The highest BCUT2D eigenvalue weighted by molar-refractivity contribution is 4.97. The van der Waals surface area contributed by atoms with Crippen LogP contribution in [0.25, 0.3) is 0 Å². The summed E-state index contributed by atoms with van der Waals surface area (Å²) in [4.78, 5) is 2.64. The lowest BCUT2D eigenvalue weighted by molar-refractivity contribution is 0.120. The molecule has 5 unspecified atom stereocenters. The SMILES string of the molecule is CC1CCCC(NC2CC3CCC(C2)N3C)C1C. The van der Waals surface area contributed by atoms with E-state index in [2.05, 4.69) is 31.1 Å². The summed E-state index contributed by atoms with van der Waals surface area (Å²) in [5.74, 6) is 1.79. The molecule has 1 aliphatic carbocycles. The van der Waals surface area contributed by atoms with Crippen LogP contribution in [0.3, 0.4) is 0 Å². The highest BCUT2D eigenvalue weighted by Crippen LogP contribution is 2.36. The maximum Gasteiger partial charge on any atom is 0.0111 e. The summed E-state index contributed by atoms with van der Waals surface area (Å²) >= 11 is 0. The van der Waals surface area contributed by atoms with Crippen molar-refractivity contribution < 1.29 is 0 Å². The number of piperidine rings is 1. The van der Waals surface area contributed by atoms with Crippen molar-refractivity contribution in [2.75, 3.05) is 7.05 Å². The molecule has 2 saturated heterocycles. The van der Waals surface area contributed by atoms with Crippen molar-refractivity contribution in [1.29, 1.82) is 0 Å². The van der Waals surface area contributed by atoms with E-state index in [0.717, 1.165) is 36.0 Å². The summed E-state index contributed by atoms with van der Waals surface area (Å²) in [6, 6.07) is 3.34. The van der Waals surface area contributed by atoms with E-state index < -0.39 is 0 Å². The molecule has 2 aliphatic heterocycles. The molecular formula is C16H30N2. The highest BCUT2D eigenvalue weighted by atomic mass is 15.2. The fourth-order valence-corrected chi connectivity index (χ4v) is 4.67. The Morgan fingerprint density at radius 3 is 2.28 bits per heavy atom. The van der Waals surface area contributed by atoms with Crippen LogP contribution >= 0.6 is 0 Å². The molecular weight excluding hydrogens is 220 g/mol. The van der Waals surface area contributed by atoms with Gasteiger partial charge in [0.15, 0.2) is 0 Å². The molecule has 0 amide bonds. The second-order valence-electron chi connectivity index (χ2n) is 7.26. The molecule has 3 aliphatic rings. The van der Waals surface area contributed by atoms with Gasteiger partial charge in [0.1, 0.15) is 0 Å². The molecule has 1 saturated carbocycles. The van der Waals surface area contributed by atoms with E-state index in [4.69, 9.17) is 0 Å². The zero-order valence-corrected chi connectivity index (χ0v) is 12.4. The van der Waals surface area contributed by atoms with Crippen LogP contribution in [0.4, 0.5) is 0 Å². The number of rotatable bonds is 2. The van der Waals surface area contributed by atoms with Crippen LogP contribution in [0.15, 0.2) is 0 Å². The second-order valence-corrected chi connectivity index (χ2v) is 7.26. The van der Waals surface area contributed by atoms with Crippen LogP contribution in [0, 0.1) is 11.8 Å². The number of fused-ring (bicyclic) bond motifs is 2. The first kappa shape index (κ1) is 12.9. The number of nitrogens with zero attached hydrogens (tertiary/aromatic N) is 1. The van der Waals surface area contributed by atoms with Crippen molar-refractivity contribution in [3.63, 3.8) is 0 Å². The molecule has 5 atom stereocenters. The van der Waals surface area contributed by atoms with E-state index in [1.54, 1.807) is 0 Å². The largest absolute Gasteiger partial charge is 0.311 e. The normalized spacial score (nSPS) is 49.5. The zero-order valence-electron chi connectivity index (χ0n) is 12.4. The fourth-order valence-electron chi connectivity index (χ4n) is 4.67. The van der Waals surface area contributed by atoms with E-state index in [1.807, 2.05) is 0 Å². The van der Waals surface area contributed by atoms with Crippen molar-refractivity contribution in [3.8, 4) is 0 Å². The predicted molar refractivity (Wildman–Crippen MR) is 76.7 cm³/mol. The molecule has 0 spiro atoms. The van der Waals surface area contributed by atoms with Gasteiger partial charge in [-0.15, -0.1) is 0 Å². The Bertz CT molecular complexity index is 277. The minimum Gasteiger partial charge on any atom is -0.311 e. The van der Waals surface area contributed by atoms with Crippen LogP contribution in [-0.4, -0.2) is 36.1 Å². The zero-order chi connectivity index (χ0) is 12.7. The summed E-state index contributed by atoms with van der Waals surface area (Å²) in [5.41, 5.74) is 0. The number of nitrogens with one attached hydrogen (secondary N) is 1. The topological polar surface area (TPSA) is 15.3 Å². The smallest absolute Gasteiger partial charge is 0.0111 e. The average Bonchev–Trinajstić information content (AvgIpc) is 2.59. The Hall–Kier alpha value is -0.0800. The van der Waals surface area contributed by atoms with E-state index in [9.17, 15) is 0 Å². The first-order valence-corrected chi connectivity index (χ1v) is 8.13. The lowest BCUT2D eigenvalue weighted by Crippen LogP contribution is -2.52. The standard InChI is InChI=1S/C16H30N2/c1-11-5-4-6-16(12(11)2)17-13-9-14-7-8-15(10-13)18(14)3/h11-17H,4-10H2,1-3H3. The van der Waals surface area contributed by atoms with Gasteiger partial charge in [0.05, 0.1) is 0 Å². The number of hydrogen-bond donors (Lipinski definition) is 1. The average molecular weight is 250 g/mol. The number of hydrogen-bond acceptors (Lipinski definition) is 2. The summed E-state index contributed by atoms with van der Waals surface area (Å²) in [6.45, 7) is 4.90. The van der Waals surface area contributed by atoms with Gasteiger partial charge in [-0.2, -0.15) is 0 Å². The predicted octanol–water partition coefficient (Wildman–Crippen LogP) is 3.03. The molecule has 0 aromatic rings. The Morgan fingerprint density at radius 2 is 1.61 bits per heavy atom. The van der Waals surface area contributed by atoms with Crippen LogP contribution < -0.4 is 5.32 Å². The van der Waals surface area contributed by atoms with Gasteiger partial charge in [0.25, 0.3) is 0 Å². The Kier molecular flexibility index (Phi) is 3.68. The van der Waals surface area contributed by atoms with Crippen LogP contribution in [0.1, 0.15) is 58.8 Å². The molecule has 2 heteroatoms. The van der Waals surface area contributed by atoms with E-state index in [1.165, 1.54) is 44.9 Å².